The molecule has 0 atom stereocenters. The van der Waals surface area contributed by atoms with E-state index >= 15 is 0 Å². The van der Waals surface area contributed by atoms with E-state index in [9.17, 15) is 9.59 Å². The van der Waals surface area contributed by atoms with Crippen LogP contribution in [0.2, 0.25) is 0 Å². The highest BCUT2D eigenvalue weighted by molar-refractivity contribution is 5.93. The number of aromatic nitrogens is 4. The zero-order chi connectivity index (χ0) is 18.4. The molecule has 0 aliphatic rings. The molecule has 8 heteroatoms. The van der Waals surface area contributed by atoms with Crippen molar-refractivity contribution < 1.29 is 9.59 Å². The SMILES string of the molecule is Cc1ccncc1NC(=O)CCCCNC(=O)c1cnc2cccnn12. The Balaban J connectivity index is 1.39. The predicted octanol–water partition coefficient (Wildman–Crippen LogP) is 1.97. The lowest BCUT2D eigenvalue weighted by molar-refractivity contribution is -0.116. The summed E-state index contributed by atoms with van der Waals surface area (Å²) in [6, 6.07) is 5.40. The van der Waals surface area contributed by atoms with Crippen molar-refractivity contribution in [2.24, 2.45) is 0 Å². The van der Waals surface area contributed by atoms with E-state index in [-0.39, 0.29) is 11.8 Å². The fourth-order valence-electron chi connectivity index (χ4n) is 2.49. The maximum Gasteiger partial charge on any atom is 0.271 e. The first-order chi connectivity index (χ1) is 12.6. The van der Waals surface area contributed by atoms with Gasteiger partial charge in [0.2, 0.25) is 5.91 Å². The second-order valence-corrected chi connectivity index (χ2v) is 5.89. The number of nitrogens with one attached hydrogen (secondary N) is 2. The average molecular weight is 352 g/mol. The number of fused-ring (bicyclic) bond motifs is 1. The van der Waals surface area contributed by atoms with Gasteiger partial charge in [0.1, 0.15) is 5.69 Å². The van der Waals surface area contributed by atoms with Crippen molar-refractivity contribution in [2.45, 2.75) is 26.2 Å². The molecule has 0 aromatic carbocycles. The van der Waals surface area contributed by atoms with E-state index in [1.165, 1.54) is 10.7 Å². The minimum atomic E-state index is -0.230. The van der Waals surface area contributed by atoms with Crippen LogP contribution in [0.3, 0.4) is 0 Å². The van der Waals surface area contributed by atoms with Crippen LogP contribution in [0, 0.1) is 6.92 Å². The normalized spacial score (nSPS) is 10.7. The molecule has 3 aromatic heterocycles. The van der Waals surface area contributed by atoms with Gasteiger partial charge in [-0.25, -0.2) is 9.50 Å². The highest BCUT2D eigenvalue weighted by Gasteiger charge is 2.12. The lowest BCUT2D eigenvalue weighted by Gasteiger charge is -2.08. The number of nitrogens with zero attached hydrogens (tertiary/aromatic N) is 4. The first-order valence-electron chi connectivity index (χ1n) is 8.42. The van der Waals surface area contributed by atoms with Gasteiger partial charge in [-0.15, -0.1) is 0 Å². The van der Waals surface area contributed by atoms with Crippen molar-refractivity contribution in [1.29, 1.82) is 0 Å². The van der Waals surface area contributed by atoms with Crippen LogP contribution in [-0.2, 0) is 4.79 Å². The number of anilines is 1. The van der Waals surface area contributed by atoms with E-state index in [0.717, 1.165) is 11.3 Å². The number of pyridine rings is 1. The molecule has 0 spiro atoms. The molecule has 0 fully saturated rings. The maximum absolute atomic E-state index is 12.2. The van der Waals surface area contributed by atoms with E-state index in [2.05, 4.69) is 25.7 Å². The summed E-state index contributed by atoms with van der Waals surface area (Å²) in [4.78, 5) is 32.3. The van der Waals surface area contributed by atoms with Gasteiger partial charge < -0.3 is 10.6 Å². The maximum atomic E-state index is 12.2. The van der Waals surface area contributed by atoms with Crippen molar-refractivity contribution in [2.75, 3.05) is 11.9 Å². The summed E-state index contributed by atoms with van der Waals surface area (Å²) in [6.45, 7) is 2.40. The van der Waals surface area contributed by atoms with Gasteiger partial charge in [-0.2, -0.15) is 5.10 Å². The highest BCUT2D eigenvalue weighted by atomic mass is 16.2. The minimum Gasteiger partial charge on any atom is -0.351 e. The quantitative estimate of drug-likeness (QED) is 0.633. The lowest BCUT2D eigenvalue weighted by Crippen LogP contribution is -2.26. The standard InChI is InChI=1S/C18H20N6O2/c1-13-7-10-19-11-14(13)23-17(25)6-2-3-8-20-18(26)15-12-21-16-5-4-9-22-24(15)16/h4-5,7,9-12H,2-3,6,8H2,1H3,(H,20,26)(H,23,25). The second kappa shape index (κ2) is 8.19. The van der Waals surface area contributed by atoms with Crippen molar-refractivity contribution in [3.63, 3.8) is 0 Å². The van der Waals surface area contributed by atoms with E-state index in [4.69, 9.17) is 0 Å². The number of carbonyl (C=O) groups excluding carboxylic acids is 2. The summed E-state index contributed by atoms with van der Waals surface area (Å²) in [5.74, 6) is -0.287. The van der Waals surface area contributed by atoms with E-state index in [0.29, 0.717) is 37.1 Å². The molecule has 0 radical (unpaired) electrons. The Morgan fingerprint density at radius 2 is 2.04 bits per heavy atom. The minimum absolute atomic E-state index is 0.0570. The number of hydrogen-bond donors (Lipinski definition) is 2. The Morgan fingerprint density at radius 3 is 2.88 bits per heavy atom. The molecule has 134 valence electrons. The Hall–Kier alpha value is -3.29. The number of carbonyl (C=O) groups is 2. The van der Waals surface area contributed by atoms with Gasteiger partial charge in [0.05, 0.1) is 18.1 Å². The molecule has 8 nitrogen and oxygen atoms in total. The number of aryl methyl sites for hydroxylation is 1. The number of rotatable bonds is 7. The van der Waals surface area contributed by atoms with Crippen LogP contribution < -0.4 is 10.6 Å². The van der Waals surface area contributed by atoms with Crippen molar-refractivity contribution in [1.82, 2.24) is 24.9 Å². The van der Waals surface area contributed by atoms with Gasteiger partial charge in [-0.3, -0.25) is 14.6 Å². The van der Waals surface area contributed by atoms with Gasteiger partial charge in [0, 0.05) is 25.4 Å². The highest BCUT2D eigenvalue weighted by Crippen LogP contribution is 2.12. The van der Waals surface area contributed by atoms with E-state index in [1.807, 2.05) is 13.0 Å². The molecule has 0 saturated carbocycles. The third-order valence-electron chi connectivity index (χ3n) is 3.94. The average Bonchev–Trinajstić information content (AvgIpc) is 3.07. The van der Waals surface area contributed by atoms with Crippen LogP contribution in [0.1, 0.15) is 35.3 Å². The Morgan fingerprint density at radius 1 is 1.15 bits per heavy atom. The van der Waals surface area contributed by atoms with E-state index < -0.39 is 0 Å². The first-order valence-corrected chi connectivity index (χ1v) is 8.42. The molecule has 3 heterocycles. The number of hydrogen-bond acceptors (Lipinski definition) is 5. The zero-order valence-corrected chi connectivity index (χ0v) is 14.5. The van der Waals surface area contributed by atoms with Gasteiger partial charge in [-0.1, -0.05) is 0 Å². The lowest BCUT2D eigenvalue weighted by atomic mass is 10.2. The molecule has 3 rings (SSSR count). The van der Waals surface area contributed by atoms with Crippen LogP contribution in [-0.4, -0.2) is 37.9 Å². The van der Waals surface area contributed by atoms with Gasteiger partial charge in [0.25, 0.3) is 5.91 Å². The Bertz CT molecular complexity index is 921. The summed E-state index contributed by atoms with van der Waals surface area (Å²) in [7, 11) is 0. The summed E-state index contributed by atoms with van der Waals surface area (Å²) in [5, 5.41) is 9.78. The third kappa shape index (κ3) is 4.21. The molecule has 3 aromatic rings. The van der Waals surface area contributed by atoms with Crippen LogP contribution in [0.5, 0.6) is 0 Å². The number of amides is 2. The fraction of sp³-hybridized carbons (Fsp3) is 0.278. The van der Waals surface area contributed by atoms with Crippen LogP contribution in [0.15, 0.2) is 43.0 Å². The van der Waals surface area contributed by atoms with Crippen molar-refractivity contribution in [3.8, 4) is 0 Å². The van der Waals surface area contributed by atoms with Crippen LogP contribution >= 0.6 is 0 Å². The summed E-state index contributed by atoms with van der Waals surface area (Å²) >= 11 is 0. The summed E-state index contributed by atoms with van der Waals surface area (Å²) in [5.41, 5.74) is 2.72. The van der Waals surface area contributed by atoms with Gasteiger partial charge >= 0.3 is 0 Å². The second-order valence-electron chi connectivity index (χ2n) is 5.89. The Kier molecular flexibility index (Phi) is 5.52. The molecule has 0 unspecified atom stereocenters. The molecule has 26 heavy (non-hydrogen) atoms. The Labute approximate surface area is 150 Å². The van der Waals surface area contributed by atoms with Crippen LogP contribution in [0.25, 0.3) is 5.65 Å². The molecule has 0 saturated heterocycles. The van der Waals surface area contributed by atoms with Gasteiger partial charge in [0.15, 0.2) is 5.65 Å². The topological polar surface area (TPSA) is 101 Å². The fourth-order valence-corrected chi connectivity index (χ4v) is 2.49. The molecular weight excluding hydrogens is 332 g/mol. The van der Waals surface area contributed by atoms with Crippen molar-refractivity contribution in [3.05, 3.63) is 54.2 Å². The third-order valence-corrected chi connectivity index (χ3v) is 3.94. The first kappa shape index (κ1) is 17.5. The molecule has 0 aliphatic carbocycles. The molecule has 2 amide bonds. The van der Waals surface area contributed by atoms with E-state index in [1.54, 1.807) is 30.7 Å². The molecule has 2 N–H and O–H groups in total. The number of imidazole rings is 1. The molecule has 0 aliphatic heterocycles. The largest absolute Gasteiger partial charge is 0.351 e. The summed E-state index contributed by atoms with van der Waals surface area (Å²) in [6.07, 6.45) is 8.20. The van der Waals surface area contributed by atoms with Gasteiger partial charge in [-0.05, 0) is 43.5 Å². The molecule has 0 bridgehead atoms. The number of unbranched alkanes of at least 4 members (excludes halogenated alkanes) is 1. The van der Waals surface area contributed by atoms with Crippen molar-refractivity contribution >= 4 is 23.1 Å². The van der Waals surface area contributed by atoms with Crippen LogP contribution in [0.4, 0.5) is 5.69 Å². The summed E-state index contributed by atoms with van der Waals surface area (Å²) < 4.78 is 1.50. The predicted molar refractivity (Wildman–Crippen MR) is 96.8 cm³/mol. The zero-order valence-electron chi connectivity index (χ0n) is 14.5. The monoisotopic (exact) mass is 352 g/mol. The molecular formula is C18H20N6O2. The smallest absolute Gasteiger partial charge is 0.271 e.